The highest BCUT2D eigenvalue weighted by Gasteiger charge is 2.12. The second kappa shape index (κ2) is 11.9. The summed E-state index contributed by atoms with van der Waals surface area (Å²) in [6, 6.07) is 11.6. The largest absolute Gasteiger partial charge is 0.493 e. The highest BCUT2D eigenvalue weighted by molar-refractivity contribution is 6.36. The van der Waals surface area contributed by atoms with E-state index in [1.165, 1.54) is 18.2 Å². The number of carbonyl (C=O) groups excluding carboxylic acids is 3. The third kappa shape index (κ3) is 7.46. The van der Waals surface area contributed by atoms with Crippen molar-refractivity contribution >= 4 is 40.9 Å². The van der Waals surface area contributed by atoms with Gasteiger partial charge in [0.15, 0.2) is 11.5 Å². The maximum atomic E-state index is 12.0. The first-order valence-electron chi connectivity index (χ1n) is 8.93. The molecule has 2 aromatic rings. The van der Waals surface area contributed by atoms with Gasteiger partial charge in [0.25, 0.3) is 5.91 Å². The van der Waals surface area contributed by atoms with E-state index in [0.29, 0.717) is 16.5 Å². The number of methoxy groups -OCH3 is 1. The number of rotatable bonds is 10. The quantitative estimate of drug-likeness (QED) is 0.477. The van der Waals surface area contributed by atoms with Crippen molar-refractivity contribution in [2.24, 2.45) is 0 Å². The van der Waals surface area contributed by atoms with Crippen molar-refractivity contribution in [2.75, 3.05) is 33.4 Å². The molecule has 0 bridgehead atoms. The second-order valence-electron chi connectivity index (χ2n) is 5.93. The molecule has 10 heteroatoms. The SMILES string of the molecule is COc1ccccc1OCCNC(=O)CNC(=O)CNC(=O)c1ccc(Cl)cc1Cl. The highest BCUT2D eigenvalue weighted by Crippen LogP contribution is 2.25. The fourth-order valence-electron chi connectivity index (χ4n) is 2.32. The third-order valence-corrected chi connectivity index (χ3v) is 4.33. The van der Waals surface area contributed by atoms with E-state index in [4.69, 9.17) is 32.7 Å². The summed E-state index contributed by atoms with van der Waals surface area (Å²) in [5.74, 6) is -0.269. The van der Waals surface area contributed by atoms with Crippen LogP contribution in [0.1, 0.15) is 10.4 Å². The molecule has 0 spiro atoms. The normalized spacial score (nSPS) is 10.1. The Bertz CT molecular complexity index is 908. The van der Waals surface area contributed by atoms with Gasteiger partial charge in [0.1, 0.15) is 6.61 Å². The van der Waals surface area contributed by atoms with Gasteiger partial charge in [0.2, 0.25) is 11.8 Å². The first-order chi connectivity index (χ1) is 14.4. The van der Waals surface area contributed by atoms with Gasteiger partial charge in [-0.2, -0.15) is 0 Å². The molecule has 0 saturated heterocycles. The second-order valence-corrected chi connectivity index (χ2v) is 6.78. The molecule has 0 aliphatic carbocycles. The summed E-state index contributed by atoms with van der Waals surface area (Å²) in [6.45, 7) is -0.0520. The molecular formula is C20H21Cl2N3O5. The van der Waals surface area contributed by atoms with E-state index in [1.807, 2.05) is 12.1 Å². The topological polar surface area (TPSA) is 106 Å². The number of hydrogen-bond acceptors (Lipinski definition) is 5. The first-order valence-corrected chi connectivity index (χ1v) is 9.68. The van der Waals surface area contributed by atoms with E-state index >= 15 is 0 Å². The Kier molecular flexibility index (Phi) is 9.24. The van der Waals surface area contributed by atoms with Gasteiger partial charge >= 0.3 is 0 Å². The Morgan fingerprint density at radius 3 is 2.27 bits per heavy atom. The van der Waals surface area contributed by atoms with Crippen LogP contribution in [0.4, 0.5) is 0 Å². The van der Waals surface area contributed by atoms with Crippen molar-refractivity contribution in [3.8, 4) is 11.5 Å². The van der Waals surface area contributed by atoms with E-state index in [2.05, 4.69) is 16.0 Å². The van der Waals surface area contributed by atoms with E-state index < -0.39 is 11.8 Å². The van der Waals surface area contributed by atoms with Crippen LogP contribution in [0.15, 0.2) is 42.5 Å². The molecular weight excluding hydrogens is 433 g/mol. The number of amides is 3. The zero-order chi connectivity index (χ0) is 21.9. The number of para-hydroxylation sites is 2. The Labute approximate surface area is 183 Å². The van der Waals surface area contributed by atoms with Crippen molar-refractivity contribution in [3.63, 3.8) is 0 Å². The molecule has 2 rings (SSSR count). The Balaban J connectivity index is 1.63. The van der Waals surface area contributed by atoms with Gasteiger partial charge in [0.05, 0.1) is 37.3 Å². The van der Waals surface area contributed by atoms with Crippen LogP contribution in [0.25, 0.3) is 0 Å². The molecule has 8 nitrogen and oxygen atoms in total. The van der Waals surface area contributed by atoms with E-state index in [1.54, 1.807) is 19.2 Å². The van der Waals surface area contributed by atoms with Crippen LogP contribution in [0.5, 0.6) is 11.5 Å². The van der Waals surface area contributed by atoms with E-state index in [0.717, 1.165) is 0 Å². The average Bonchev–Trinajstić information content (AvgIpc) is 2.73. The Morgan fingerprint density at radius 2 is 1.57 bits per heavy atom. The molecule has 0 atom stereocenters. The van der Waals surface area contributed by atoms with Gasteiger partial charge in [-0.15, -0.1) is 0 Å². The lowest BCUT2D eigenvalue weighted by Crippen LogP contribution is -2.42. The minimum absolute atomic E-state index is 0.176. The van der Waals surface area contributed by atoms with E-state index in [9.17, 15) is 14.4 Å². The molecule has 0 aromatic heterocycles. The van der Waals surface area contributed by atoms with Crippen LogP contribution in [-0.4, -0.2) is 51.1 Å². The fourth-order valence-corrected chi connectivity index (χ4v) is 2.82. The lowest BCUT2D eigenvalue weighted by Gasteiger charge is -2.11. The molecule has 0 radical (unpaired) electrons. The van der Waals surface area contributed by atoms with Crippen LogP contribution >= 0.6 is 23.2 Å². The van der Waals surface area contributed by atoms with Crippen molar-refractivity contribution in [1.82, 2.24) is 16.0 Å². The molecule has 0 saturated carbocycles. The van der Waals surface area contributed by atoms with Gasteiger partial charge in [-0.1, -0.05) is 35.3 Å². The standard InChI is InChI=1S/C20H21Cl2N3O5/c1-29-16-4-2-3-5-17(16)30-9-8-23-18(26)11-24-19(27)12-25-20(28)14-7-6-13(21)10-15(14)22/h2-7,10H,8-9,11-12H2,1H3,(H,23,26)(H,24,27)(H,25,28). The summed E-state index contributed by atoms with van der Waals surface area (Å²) >= 11 is 11.7. The van der Waals surface area contributed by atoms with Crippen LogP contribution in [0, 0.1) is 0 Å². The molecule has 0 aliphatic heterocycles. The molecule has 2 aromatic carbocycles. The van der Waals surface area contributed by atoms with Crippen molar-refractivity contribution < 1.29 is 23.9 Å². The highest BCUT2D eigenvalue weighted by atomic mass is 35.5. The van der Waals surface area contributed by atoms with Gasteiger partial charge in [0, 0.05) is 5.02 Å². The molecule has 0 fully saturated rings. The van der Waals surface area contributed by atoms with Crippen LogP contribution in [-0.2, 0) is 9.59 Å². The van der Waals surface area contributed by atoms with Crippen molar-refractivity contribution in [3.05, 3.63) is 58.1 Å². The predicted molar refractivity (Wildman–Crippen MR) is 113 cm³/mol. The summed E-state index contributed by atoms with van der Waals surface area (Å²) in [4.78, 5) is 35.6. The summed E-state index contributed by atoms with van der Waals surface area (Å²) in [7, 11) is 1.54. The number of nitrogens with one attached hydrogen (secondary N) is 3. The zero-order valence-corrected chi connectivity index (χ0v) is 17.7. The molecule has 160 valence electrons. The number of carbonyl (C=O) groups is 3. The zero-order valence-electron chi connectivity index (χ0n) is 16.2. The molecule has 30 heavy (non-hydrogen) atoms. The van der Waals surface area contributed by atoms with Crippen molar-refractivity contribution in [1.29, 1.82) is 0 Å². The monoisotopic (exact) mass is 453 g/mol. The smallest absolute Gasteiger partial charge is 0.253 e. The maximum absolute atomic E-state index is 12.0. The lowest BCUT2D eigenvalue weighted by atomic mass is 10.2. The van der Waals surface area contributed by atoms with Gasteiger partial charge in [-0.25, -0.2) is 0 Å². The summed E-state index contributed by atoms with van der Waals surface area (Å²) in [5, 5.41) is 8.02. The molecule has 0 unspecified atom stereocenters. The number of ether oxygens (including phenoxy) is 2. The molecule has 3 amide bonds. The molecule has 0 aliphatic rings. The van der Waals surface area contributed by atoms with Crippen molar-refractivity contribution in [2.45, 2.75) is 0 Å². The Morgan fingerprint density at radius 1 is 0.900 bits per heavy atom. The van der Waals surface area contributed by atoms with Crippen LogP contribution in [0.3, 0.4) is 0 Å². The third-order valence-electron chi connectivity index (χ3n) is 3.78. The van der Waals surface area contributed by atoms with Gasteiger partial charge in [-0.05, 0) is 30.3 Å². The minimum Gasteiger partial charge on any atom is -0.493 e. The fraction of sp³-hybridized carbons (Fsp3) is 0.250. The molecule has 0 heterocycles. The average molecular weight is 454 g/mol. The maximum Gasteiger partial charge on any atom is 0.253 e. The number of hydrogen-bond donors (Lipinski definition) is 3. The first kappa shape index (κ1) is 23.3. The minimum atomic E-state index is -0.523. The van der Waals surface area contributed by atoms with Crippen LogP contribution < -0.4 is 25.4 Å². The molecule has 3 N–H and O–H groups in total. The van der Waals surface area contributed by atoms with Crippen LogP contribution in [0.2, 0.25) is 10.0 Å². The number of benzene rings is 2. The Hall–Kier alpha value is -2.97. The van der Waals surface area contributed by atoms with E-state index in [-0.39, 0.29) is 42.7 Å². The van der Waals surface area contributed by atoms with Gasteiger partial charge < -0.3 is 25.4 Å². The summed E-state index contributed by atoms with van der Waals surface area (Å²) in [6.07, 6.45) is 0. The predicted octanol–water partition coefficient (Wildman–Crippen LogP) is 2.04. The summed E-state index contributed by atoms with van der Waals surface area (Å²) < 4.78 is 10.7. The lowest BCUT2D eigenvalue weighted by molar-refractivity contribution is -0.125. The van der Waals surface area contributed by atoms with Gasteiger partial charge in [-0.3, -0.25) is 14.4 Å². The summed E-state index contributed by atoms with van der Waals surface area (Å²) in [5.41, 5.74) is 0.196. The number of halogens is 2.